The smallest absolute Gasteiger partial charge is 0.251 e. The average Bonchev–Trinajstić information content (AvgIpc) is 3.40. The second kappa shape index (κ2) is 6.71. The van der Waals surface area contributed by atoms with Gasteiger partial charge in [0, 0.05) is 16.2 Å². The van der Waals surface area contributed by atoms with Gasteiger partial charge in [-0.1, -0.05) is 65.1 Å². The molecule has 0 bridgehead atoms. The first-order valence-corrected chi connectivity index (χ1v) is 11.7. The summed E-state index contributed by atoms with van der Waals surface area (Å²) < 4.78 is 3.09. The van der Waals surface area contributed by atoms with Crippen molar-refractivity contribution >= 4 is 45.1 Å². The van der Waals surface area contributed by atoms with Crippen LogP contribution in [0.4, 0.5) is 0 Å². The number of thioether (sulfide) groups is 1. The molecular weight excluding hydrogens is 453 g/mol. The number of fused-ring (bicyclic) bond motifs is 2. The van der Waals surface area contributed by atoms with Crippen LogP contribution in [0, 0.1) is 0 Å². The summed E-state index contributed by atoms with van der Waals surface area (Å²) in [5, 5.41) is 3.84. The molecule has 0 N–H and O–H groups in total. The number of benzene rings is 2. The van der Waals surface area contributed by atoms with Gasteiger partial charge in [0.2, 0.25) is 0 Å². The fraction of sp³-hybridized carbons (Fsp3) is 0.318. The Kier molecular flexibility index (Phi) is 4.36. The molecule has 1 saturated carbocycles. The summed E-state index contributed by atoms with van der Waals surface area (Å²) in [7, 11) is 0. The molecule has 5 rings (SSSR count). The normalized spacial score (nSPS) is 19.0. The predicted molar refractivity (Wildman–Crippen MR) is 118 cm³/mol. The van der Waals surface area contributed by atoms with E-state index in [1.54, 1.807) is 0 Å². The number of pyridine rings is 1. The summed E-state index contributed by atoms with van der Waals surface area (Å²) in [5.41, 5.74) is 4.23. The molecule has 0 amide bonds. The van der Waals surface area contributed by atoms with E-state index in [9.17, 15) is 4.79 Å². The van der Waals surface area contributed by atoms with Gasteiger partial charge in [-0.25, -0.2) is 0 Å². The molecule has 1 aliphatic heterocycles. The van der Waals surface area contributed by atoms with Gasteiger partial charge >= 0.3 is 0 Å². The maximum atomic E-state index is 12.9. The van der Waals surface area contributed by atoms with Crippen LogP contribution in [0.25, 0.3) is 10.8 Å². The van der Waals surface area contributed by atoms with Crippen LogP contribution in [0.5, 0.6) is 0 Å². The van der Waals surface area contributed by atoms with Crippen molar-refractivity contribution in [2.24, 2.45) is 0 Å². The number of halogens is 1. The second-order valence-electron chi connectivity index (χ2n) is 7.31. The predicted octanol–water partition coefficient (Wildman–Crippen LogP) is 5.55. The van der Waals surface area contributed by atoms with E-state index in [1.165, 1.54) is 45.3 Å². The highest BCUT2D eigenvalue weighted by Gasteiger charge is 2.35. The molecule has 0 saturated heterocycles. The minimum atomic E-state index is 0.186. The van der Waals surface area contributed by atoms with Crippen molar-refractivity contribution in [3.63, 3.8) is 0 Å². The summed E-state index contributed by atoms with van der Waals surface area (Å²) in [5.74, 6) is 1.69. The third-order valence-electron chi connectivity index (χ3n) is 5.53. The summed E-state index contributed by atoms with van der Waals surface area (Å²) >= 11 is 4.31. The zero-order valence-electron chi connectivity index (χ0n) is 14.5. The van der Waals surface area contributed by atoms with E-state index < -0.39 is 0 Å². The van der Waals surface area contributed by atoms with Crippen molar-refractivity contribution in [1.82, 2.24) is 4.57 Å². The van der Waals surface area contributed by atoms with Crippen LogP contribution in [0.3, 0.4) is 0 Å². The maximum absolute atomic E-state index is 12.9. The van der Waals surface area contributed by atoms with E-state index >= 15 is 0 Å². The number of nitrogens with zero attached hydrogens (tertiary/aromatic N) is 1. The first-order chi connectivity index (χ1) is 12.8. The standard InChI is InChI=1S/C22H20INOS/c23-12-18-13-26-22-21(15-8-9-15)17(11-20(25)24(18)22)10-16-6-3-5-14-4-1-2-7-19(14)16/h1-7,11,15,18H,8-10,12-13H2/t18-/m1/s1. The molecule has 4 heteroatoms. The lowest BCUT2D eigenvalue weighted by atomic mass is 9.95. The van der Waals surface area contributed by atoms with Crippen molar-refractivity contribution in [3.8, 4) is 0 Å². The number of hydrogen-bond donors (Lipinski definition) is 0. The van der Waals surface area contributed by atoms with Gasteiger partial charge in [-0.15, -0.1) is 11.8 Å². The van der Waals surface area contributed by atoms with E-state index in [4.69, 9.17) is 0 Å². The quantitative estimate of drug-likeness (QED) is 0.366. The van der Waals surface area contributed by atoms with Crippen LogP contribution in [-0.2, 0) is 6.42 Å². The van der Waals surface area contributed by atoms with Crippen LogP contribution < -0.4 is 5.56 Å². The van der Waals surface area contributed by atoms with Crippen LogP contribution in [0.1, 0.15) is 41.5 Å². The summed E-state index contributed by atoms with van der Waals surface area (Å²) in [6.45, 7) is 0. The molecule has 2 aliphatic rings. The Bertz CT molecular complexity index is 1050. The lowest BCUT2D eigenvalue weighted by Crippen LogP contribution is -2.25. The van der Waals surface area contributed by atoms with Gasteiger partial charge < -0.3 is 0 Å². The number of alkyl halides is 1. The SMILES string of the molecule is O=c1cc(Cc2cccc3ccccc23)c(C2CC2)c2n1[C@H](CI)CS2. The molecule has 0 spiro atoms. The van der Waals surface area contributed by atoms with Gasteiger partial charge in [0.15, 0.2) is 0 Å². The van der Waals surface area contributed by atoms with Crippen LogP contribution >= 0.6 is 34.4 Å². The monoisotopic (exact) mass is 473 g/mol. The molecule has 1 aliphatic carbocycles. The van der Waals surface area contributed by atoms with Crippen molar-refractivity contribution in [2.75, 3.05) is 10.2 Å². The Morgan fingerprint density at radius 1 is 1.08 bits per heavy atom. The largest absolute Gasteiger partial charge is 0.298 e. The minimum absolute atomic E-state index is 0.186. The minimum Gasteiger partial charge on any atom is -0.298 e. The number of aromatic nitrogens is 1. The fourth-order valence-electron chi connectivity index (χ4n) is 4.13. The zero-order chi connectivity index (χ0) is 17.7. The molecule has 132 valence electrons. The number of rotatable bonds is 4. The van der Waals surface area contributed by atoms with Gasteiger partial charge in [0.25, 0.3) is 5.56 Å². The Morgan fingerprint density at radius 2 is 1.88 bits per heavy atom. The Balaban J connectivity index is 1.66. The lowest BCUT2D eigenvalue weighted by Gasteiger charge is -2.17. The van der Waals surface area contributed by atoms with E-state index in [-0.39, 0.29) is 5.56 Å². The Labute approximate surface area is 171 Å². The van der Waals surface area contributed by atoms with E-state index in [0.29, 0.717) is 12.0 Å². The van der Waals surface area contributed by atoms with E-state index in [0.717, 1.165) is 16.6 Å². The summed E-state index contributed by atoms with van der Waals surface area (Å²) in [6.07, 6.45) is 3.39. The van der Waals surface area contributed by atoms with Gasteiger partial charge in [-0.2, -0.15) is 0 Å². The molecule has 2 heterocycles. The second-order valence-corrected chi connectivity index (χ2v) is 9.19. The molecule has 1 fully saturated rings. The third-order valence-corrected chi connectivity index (χ3v) is 7.79. The maximum Gasteiger partial charge on any atom is 0.251 e. The molecule has 26 heavy (non-hydrogen) atoms. The zero-order valence-corrected chi connectivity index (χ0v) is 17.4. The van der Waals surface area contributed by atoms with Crippen LogP contribution in [-0.4, -0.2) is 14.7 Å². The molecule has 2 nitrogen and oxygen atoms in total. The van der Waals surface area contributed by atoms with Gasteiger partial charge in [0.05, 0.1) is 11.1 Å². The molecule has 2 aromatic carbocycles. The topological polar surface area (TPSA) is 22.0 Å². The van der Waals surface area contributed by atoms with Gasteiger partial charge in [0.1, 0.15) is 0 Å². The average molecular weight is 473 g/mol. The van der Waals surface area contributed by atoms with Crippen molar-refractivity contribution in [3.05, 3.63) is 75.6 Å². The van der Waals surface area contributed by atoms with Crippen LogP contribution in [0.2, 0.25) is 0 Å². The molecule has 1 aromatic heterocycles. The van der Waals surface area contributed by atoms with E-state index in [2.05, 4.69) is 69.6 Å². The highest BCUT2D eigenvalue weighted by atomic mass is 127. The van der Waals surface area contributed by atoms with Gasteiger partial charge in [-0.05, 0) is 52.6 Å². The van der Waals surface area contributed by atoms with Crippen molar-refractivity contribution in [2.45, 2.75) is 36.2 Å². The lowest BCUT2D eigenvalue weighted by molar-refractivity contribution is 0.567. The van der Waals surface area contributed by atoms with Gasteiger partial charge in [-0.3, -0.25) is 9.36 Å². The Morgan fingerprint density at radius 3 is 2.69 bits per heavy atom. The van der Waals surface area contributed by atoms with Crippen LogP contribution in [0.15, 0.2) is 58.4 Å². The fourth-order valence-corrected chi connectivity index (χ4v) is 6.70. The highest BCUT2D eigenvalue weighted by molar-refractivity contribution is 14.1. The first kappa shape index (κ1) is 16.9. The Hall–Kier alpha value is -1.27. The third kappa shape index (κ3) is 2.82. The molecule has 1 atom stereocenters. The molecule has 0 unspecified atom stereocenters. The molecular formula is C22H20INOS. The number of hydrogen-bond acceptors (Lipinski definition) is 2. The molecule has 0 radical (unpaired) electrons. The summed E-state index contributed by atoms with van der Waals surface area (Å²) in [4.78, 5) is 12.9. The van der Waals surface area contributed by atoms with Crippen molar-refractivity contribution in [1.29, 1.82) is 0 Å². The van der Waals surface area contributed by atoms with Crippen molar-refractivity contribution < 1.29 is 0 Å². The summed E-state index contributed by atoms with van der Waals surface area (Å²) in [6, 6.07) is 17.4. The van der Waals surface area contributed by atoms with E-state index in [1.807, 2.05) is 17.8 Å². The first-order valence-electron chi connectivity index (χ1n) is 9.20. The highest BCUT2D eigenvalue weighted by Crippen LogP contribution is 2.48. The molecule has 3 aromatic rings.